The number of hydrogen-bond acceptors (Lipinski definition) is 2. The normalized spacial score (nSPS) is 25.3. The lowest BCUT2D eigenvalue weighted by molar-refractivity contribution is 0.423. The highest BCUT2D eigenvalue weighted by molar-refractivity contribution is 9.10. The monoisotopic (exact) mass is 331 g/mol. The highest BCUT2D eigenvalue weighted by Crippen LogP contribution is 2.41. The Bertz CT molecular complexity index is 418. The quantitative estimate of drug-likeness (QED) is 0.894. The molecule has 100 valence electrons. The Morgan fingerprint density at radius 3 is 2.94 bits per heavy atom. The number of benzene rings is 1. The van der Waals surface area contributed by atoms with Crippen molar-refractivity contribution in [3.8, 4) is 0 Å². The van der Waals surface area contributed by atoms with Crippen molar-refractivity contribution in [3.63, 3.8) is 0 Å². The molecule has 1 N–H and O–H groups in total. The number of hydrogen-bond donors (Lipinski definition) is 1. The standard InChI is InChI=1S/C14H19BrFNS/c1-14(6-3-7-18-14)13(17-2)9-10-8-11(16)4-5-12(10)15/h4-5,8,13,17H,3,6-7,9H2,1-2H3. The molecule has 1 nitrogen and oxygen atoms in total. The first-order valence-electron chi connectivity index (χ1n) is 6.30. The Morgan fingerprint density at radius 1 is 1.56 bits per heavy atom. The summed E-state index contributed by atoms with van der Waals surface area (Å²) in [5, 5.41) is 3.42. The van der Waals surface area contributed by atoms with Gasteiger partial charge in [-0.2, -0.15) is 11.8 Å². The van der Waals surface area contributed by atoms with E-state index >= 15 is 0 Å². The molecule has 0 spiro atoms. The zero-order valence-electron chi connectivity index (χ0n) is 10.8. The summed E-state index contributed by atoms with van der Waals surface area (Å²) < 4.78 is 14.6. The van der Waals surface area contributed by atoms with E-state index in [1.54, 1.807) is 12.1 Å². The Kier molecular flexibility index (Phi) is 4.73. The van der Waals surface area contributed by atoms with Crippen LogP contribution in [0.2, 0.25) is 0 Å². The zero-order valence-corrected chi connectivity index (χ0v) is 13.2. The van der Waals surface area contributed by atoms with Gasteiger partial charge in [-0.15, -0.1) is 0 Å². The minimum atomic E-state index is -0.160. The lowest BCUT2D eigenvalue weighted by Gasteiger charge is -2.33. The van der Waals surface area contributed by atoms with E-state index in [-0.39, 0.29) is 10.6 Å². The van der Waals surface area contributed by atoms with Gasteiger partial charge in [0.15, 0.2) is 0 Å². The van der Waals surface area contributed by atoms with Crippen molar-refractivity contribution in [2.75, 3.05) is 12.8 Å². The van der Waals surface area contributed by atoms with Crippen LogP contribution in [0.3, 0.4) is 0 Å². The third-order valence-corrected chi connectivity index (χ3v) is 6.18. The summed E-state index contributed by atoms with van der Waals surface area (Å²) in [7, 11) is 2.00. The minimum Gasteiger partial charge on any atom is -0.315 e. The van der Waals surface area contributed by atoms with Crippen molar-refractivity contribution in [2.45, 2.75) is 37.0 Å². The molecule has 0 radical (unpaired) electrons. The van der Waals surface area contributed by atoms with Crippen molar-refractivity contribution >= 4 is 27.7 Å². The lowest BCUT2D eigenvalue weighted by atomic mass is 9.91. The van der Waals surface area contributed by atoms with Crippen molar-refractivity contribution in [2.24, 2.45) is 0 Å². The molecular weight excluding hydrogens is 313 g/mol. The third-order valence-electron chi connectivity index (χ3n) is 3.77. The van der Waals surface area contributed by atoms with Crippen molar-refractivity contribution in [1.82, 2.24) is 5.32 Å². The second kappa shape index (κ2) is 5.93. The number of nitrogens with one attached hydrogen (secondary N) is 1. The summed E-state index contributed by atoms with van der Waals surface area (Å²) in [5.74, 6) is 1.08. The Labute approximate surface area is 121 Å². The molecule has 1 aliphatic rings. The molecule has 0 saturated carbocycles. The first-order valence-corrected chi connectivity index (χ1v) is 8.08. The average Bonchev–Trinajstić information content (AvgIpc) is 2.78. The molecule has 0 aromatic heterocycles. The Balaban J connectivity index is 2.17. The van der Waals surface area contributed by atoms with E-state index in [0.29, 0.717) is 6.04 Å². The summed E-state index contributed by atoms with van der Waals surface area (Å²) in [6.07, 6.45) is 3.37. The summed E-state index contributed by atoms with van der Waals surface area (Å²) >= 11 is 5.55. The average molecular weight is 332 g/mol. The van der Waals surface area contributed by atoms with Crippen molar-refractivity contribution in [1.29, 1.82) is 0 Å². The predicted molar refractivity (Wildman–Crippen MR) is 80.7 cm³/mol. The van der Waals surface area contributed by atoms with E-state index in [2.05, 4.69) is 28.2 Å². The van der Waals surface area contributed by atoms with Gasteiger partial charge in [0, 0.05) is 15.3 Å². The molecule has 0 bridgehead atoms. The Hall–Kier alpha value is -0.0600. The molecule has 1 fully saturated rings. The van der Waals surface area contributed by atoms with Gasteiger partial charge in [0.2, 0.25) is 0 Å². The van der Waals surface area contributed by atoms with Crippen LogP contribution in [0.15, 0.2) is 22.7 Å². The summed E-state index contributed by atoms with van der Waals surface area (Å²) in [6, 6.07) is 5.30. The molecule has 2 atom stereocenters. The maximum absolute atomic E-state index is 13.3. The maximum atomic E-state index is 13.3. The van der Waals surface area contributed by atoms with Gasteiger partial charge in [-0.05, 0) is 62.7 Å². The van der Waals surface area contributed by atoms with Crippen LogP contribution in [0.4, 0.5) is 4.39 Å². The van der Waals surface area contributed by atoms with Crippen LogP contribution < -0.4 is 5.32 Å². The molecule has 4 heteroatoms. The number of rotatable bonds is 4. The van der Waals surface area contributed by atoms with E-state index in [9.17, 15) is 4.39 Å². The van der Waals surface area contributed by atoms with Crippen LogP contribution in [-0.2, 0) is 6.42 Å². The van der Waals surface area contributed by atoms with Crippen LogP contribution in [-0.4, -0.2) is 23.6 Å². The van der Waals surface area contributed by atoms with E-state index < -0.39 is 0 Å². The van der Waals surface area contributed by atoms with E-state index in [4.69, 9.17) is 0 Å². The van der Waals surface area contributed by atoms with Crippen LogP contribution >= 0.6 is 27.7 Å². The molecule has 1 aromatic rings. The summed E-state index contributed by atoms with van der Waals surface area (Å²) in [5.41, 5.74) is 1.04. The molecule has 1 aromatic carbocycles. The molecule has 2 unspecified atom stereocenters. The molecule has 0 amide bonds. The number of likely N-dealkylation sites (N-methyl/N-ethyl adjacent to an activating group) is 1. The molecule has 18 heavy (non-hydrogen) atoms. The first kappa shape index (κ1) is 14.4. The fourth-order valence-corrected chi connectivity index (χ4v) is 4.47. The predicted octanol–water partition coefficient (Wildman–Crippen LogP) is 4.00. The van der Waals surface area contributed by atoms with E-state index in [1.165, 1.54) is 24.7 Å². The Morgan fingerprint density at radius 2 is 2.33 bits per heavy atom. The zero-order chi connectivity index (χ0) is 13.2. The van der Waals surface area contributed by atoms with Crippen molar-refractivity contribution in [3.05, 3.63) is 34.1 Å². The fraction of sp³-hybridized carbons (Fsp3) is 0.571. The highest BCUT2D eigenvalue weighted by atomic mass is 79.9. The molecule has 0 aliphatic carbocycles. The SMILES string of the molecule is CNC(Cc1cc(F)ccc1Br)C1(C)CCCS1. The van der Waals surface area contributed by atoms with E-state index in [0.717, 1.165) is 16.5 Å². The summed E-state index contributed by atoms with van der Waals surface area (Å²) in [4.78, 5) is 0. The molecule has 1 aliphatic heterocycles. The lowest BCUT2D eigenvalue weighted by Crippen LogP contribution is -2.45. The van der Waals surface area contributed by atoms with Gasteiger partial charge >= 0.3 is 0 Å². The van der Waals surface area contributed by atoms with E-state index in [1.807, 2.05) is 18.8 Å². The smallest absolute Gasteiger partial charge is 0.123 e. The van der Waals surface area contributed by atoms with Gasteiger partial charge in [0.25, 0.3) is 0 Å². The number of halogens is 2. The maximum Gasteiger partial charge on any atom is 0.123 e. The van der Waals surface area contributed by atoms with Gasteiger partial charge in [-0.25, -0.2) is 4.39 Å². The highest BCUT2D eigenvalue weighted by Gasteiger charge is 2.37. The minimum absolute atomic E-state index is 0.160. The van der Waals surface area contributed by atoms with Crippen LogP contribution in [0, 0.1) is 5.82 Å². The third kappa shape index (κ3) is 3.09. The van der Waals surface area contributed by atoms with Crippen LogP contribution in [0.5, 0.6) is 0 Å². The fourth-order valence-electron chi connectivity index (χ4n) is 2.62. The van der Waals surface area contributed by atoms with Crippen LogP contribution in [0.25, 0.3) is 0 Å². The first-order chi connectivity index (χ1) is 8.55. The van der Waals surface area contributed by atoms with Gasteiger partial charge in [0.1, 0.15) is 5.82 Å². The molecule has 1 heterocycles. The molecule has 2 rings (SSSR count). The van der Waals surface area contributed by atoms with Crippen molar-refractivity contribution < 1.29 is 4.39 Å². The van der Waals surface area contributed by atoms with Gasteiger partial charge < -0.3 is 5.32 Å². The van der Waals surface area contributed by atoms with Gasteiger partial charge in [-0.3, -0.25) is 0 Å². The van der Waals surface area contributed by atoms with Gasteiger partial charge in [-0.1, -0.05) is 15.9 Å². The number of thioether (sulfide) groups is 1. The second-order valence-corrected chi connectivity index (χ2v) is 7.53. The molecular formula is C14H19BrFNS. The van der Waals surface area contributed by atoms with Gasteiger partial charge in [0.05, 0.1) is 0 Å². The second-order valence-electron chi connectivity index (χ2n) is 5.05. The molecule has 1 saturated heterocycles. The van der Waals surface area contributed by atoms with Crippen LogP contribution in [0.1, 0.15) is 25.3 Å². The topological polar surface area (TPSA) is 12.0 Å². The largest absolute Gasteiger partial charge is 0.315 e. The summed E-state index contributed by atoms with van der Waals surface area (Å²) in [6.45, 7) is 2.32.